The van der Waals surface area contributed by atoms with Crippen molar-refractivity contribution >= 4 is 34.0 Å². The first kappa shape index (κ1) is 21.4. The van der Waals surface area contributed by atoms with Crippen LogP contribution in [0.25, 0.3) is 10.9 Å². The summed E-state index contributed by atoms with van der Waals surface area (Å²) in [6.45, 7) is -0.106. The van der Waals surface area contributed by atoms with Gasteiger partial charge in [-0.2, -0.15) is 0 Å². The molecule has 1 unspecified atom stereocenters. The summed E-state index contributed by atoms with van der Waals surface area (Å²) >= 11 is 5.63. The van der Waals surface area contributed by atoms with Gasteiger partial charge in [-0.05, 0) is 24.7 Å². The van der Waals surface area contributed by atoms with Crippen LogP contribution in [0.2, 0.25) is 5.02 Å². The van der Waals surface area contributed by atoms with E-state index >= 15 is 0 Å². The summed E-state index contributed by atoms with van der Waals surface area (Å²) in [6.07, 6.45) is -0.0205. The van der Waals surface area contributed by atoms with Crippen LogP contribution in [0.3, 0.4) is 0 Å². The molecule has 31 heavy (non-hydrogen) atoms. The summed E-state index contributed by atoms with van der Waals surface area (Å²) in [5, 5.41) is 5.06. The Morgan fingerprint density at radius 2 is 2.00 bits per heavy atom. The van der Waals surface area contributed by atoms with Gasteiger partial charge in [0.2, 0.25) is 0 Å². The molecule has 0 saturated carbocycles. The highest BCUT2D eigenvalue weighted by Crippen LogP contribution is 2.38. The monoisotopic (exact) mass is 456 g/mol. The lowest BCUT2D eigenvalue weighted by atomic mass is 10.1. The molecule has 1 fully saturated rings. The number of nitrogens with one attached hydrogen (secondary N) is 2. The second-order valence-electron chi connectivity index (χ2n) is 6.92. The Hall–Kier alpha value is -2.85. The number of rotatable bonds is 5. The lowest BCUT2D eigenvalue weighted by Crippen LogP contribution is -2.52. The van der Waals surface area contributed by atoms with E-state index in [1.165, 1.54) is 31.6 Å². The van der Waals surface area contributed by atoms with Crippen LogP contribution in [0, 0.1) is 11.6 Å². The Balaban J connectivity index is 1.74. The molecule has 164 valence electrons. The van der Waals surface area contributed by atoms with E-state index in [9.17, 15) is 17.6 Å². The molecule has 1 aliphatic heterocycles. The van der Waals surface area contributed by atoms with Crippen molar-refractivity contribution in [3.05, 3.63) is 47.2 Å². The van der Waals surface area contributed by atoms with Crippen LogP contribution in [0.1, 0.15) is 6.42 Å². The third-order valence-corrected chi connectivity index (χ3v) is 5.24. The van der Waals surface area contributed by atoms with E-state index in [0.29, 0.717) is 17.4 Å². The molecule has 0 bridgehead atoms. The smallest absolute Gasteiger partial charge is 0.296 e. The first-order valence-corrected chi connectivity index (χ1v) is 9.66. The number of aromatic nitrogens is 2. The van der Waals surface area contributed by atoms with Crippen LogP contribution in [0.5, 0.6) is 11.5 Å². The number of hydrogen-bond donors (Lipinski definition) is 2. The van der Waals surface area contributed by atoms with Gasteiger partial charge in [-0.3, -0.25) is 0 Å². The summed E-state index contributed by atoms with van der Waals surface area (Å²) in [7, 11) is 1.38. The number of hydrogen-bond acceptors (Lipinski definition) is 6. The van der Waals surface area contributed by atoms with Gasteiger partial charge in [0.25, 0.3) is 5.92 Å². The summed E-state index contributed by atoms with van der Waals surface area (Å²) < 4.78 is 67.2. The maximum absolute atomic E-state index is 14.3. The van der Waals surface area contributed by atoms with Crippen LogP contribution in [-0.4, -0.2) is 42.2 Å². The van der Waals surface area contributed by atoms with Crippen LogP contribution >= 0.6 is 11.6 Å². The fourth-order valence-electron chi connectivity index (χ4n) is 3.28. The first-order valence-electron chi connectivity index (χ1n) is 9.28. The minimum Gasteiger partial charge on any atom is -0.493 e. The average molecular weight is 457 g/mol. The standard InChI is InChI=1S/C20H17ClF4N4O2/c1-30-14-7-13-10(6-15(14)31-16-4-5-26-8-20(16,24)25)19(28-9-27-13)29-12-3-2-11(22)17(21)18(12)23/h2-3,6-7,9,16,26H,4-5,8H2,1H3,(H,27,28,29). The van der Waals surface area contributed by atoms with Gasteiger partial charge < -0.3 is 20.1 Å². The van der Waals surface area contributed by atoms with E-state index in [1.54, 1.807) is 0 Å². The van der Waals surface area contributed by atoms with Crippen molar-refractivity contribution in [3.63, 3.8) is 0 Å². The van der Waals surface area contributed by atoms with E-state index in [0.717, 1.165) is 6.07 Å². The normalized spacial score (nSPS) is 18.1. The second kappa shape index (κ2) is 8.35. The number of methoxy groups -OCH3 is 1. The summed E-state index contributed by atoms with van der Waals surface area (Å²) in [5.41, 5.74) is 0.280. The number of ether oxygens (including phenoxy) is 2. The number of alkyl halides is 2. The lowest BCUT2D eigenvalue weighted by molar-refractivity contribution is -0.109. The van der Waals surface area contributed by atoms with Crippen molar-refractivity contribution in [2.24, 2.45) is 0 Å². The van der Waals surface area contributed by atoms with E-state index in [-0.39, 0.29) is 29.4 Å². The molecular formula is C20H17ClF4N4O2. The molecule has 6 nitrogen and oxygen atoms in total. The Kier molecular flexibility index (Phi) is 5.76. The van der Waals surface area contributed by atoms with Crippen molar-refractivity contribution in [2.75, 3.05) is 25.5 Å². The summed E-state index contributed by atoms with van der Waals surface area (Å²) in [4.78, 5) is 8.23. The topological polar surface area (TPSA) is 68.3 Å². The van der Waals surface area contributed by atoms with E-state index in [2.05, 4.69) is 20.6 Å². The number of anilines is 2. The van der Waals surface area contributed by atoms with Crippen LogP contribution in [0.4, 0.5) is 29.1 Å². The fraction of sp³-hybridized carbons (Fsp3) is 0.300. The number of piperidine rings is 1. The van der Waals surface area contributed by atoms with E-state index in [4.69, 9.17) is 21.1 Å². The fourth-order valence-corrected chi connectivity index (χ4v) is 3.44. The average Bonchev–Trinajstić information content (AvgIpc) is 2.75. The SMILES string of the molecule is COc1cc2ncnc(Nc3ccc(F)c(Cl)c3F)c2cc1OC1CCNCC1(F)F. The minimum absolute atomic E-state index is 0.0667. The van der Waals surface area contributed by atoms with Crippen molar-refractivity contribution in [1.29, 1.82) is 0 Å². The molecule has 1 aromatic heterocycles. The van der Waals surface area contributed by atoms with Gasteiger partial charge in [0, 0.05) is 17.9 Å². The molecule has 1 aliphatic rings. The van der Waals surface area contributed by atoms with E-state index in [1.807, 2.05) is 0 Å². The van der Waals surface area contributed by atoms with Crippen molar-refractivity contribution < 1.29 is 27.0 Å². The molecular weight excluding hydrogens is 440 g/mol. The third kappa shape index (κ3) is 4.17. The molecule has 1 saturated heterocycles. The number of fused-ring (bicyclic) bond motifs is 1. The molecule has 0 radical (unpaired) electrons. The van der Waals surface area contributed by atoms with Gasteiger partial charge in [-0.25, -0.2) is 27.5 Å². The van der Waals surface area contributed by atoms with Gasteiger partial charge in [-0.15, -0.1) is 0 Å². The van der Waals surface area contributed by atoms with Gasteiger partial charge in [0.1, 0.15) is 23.0 Å². The molecule has 4 rings (SSSR count). The van der Waals surface area contributed by atoms with Gasteiger partial charge >= 0.3 is 0 Å². The minimum atomic E-state index is -3.07. The molecule has 2 N–H and O–H groups in total. The van der Waals surface area contributed by atoms with Gasteiger partial charge in [0.15, 0.2) is 23.4 Å². The zero-order valence-electron chi connectivity index (χ0n) is 16.2. The van der Waals surface area contributed by atoms with Crippen molar-refractivity contribution in [3.8, 4) is 11.5 Å². The molecule has 0 spiro atoms. The summed E-state index contributed by atoms with van der Waals surface area (Å²) in [5.74, 6) is -4.54. The predicted octanol–water partition coefficient (Wildman–Crippen LogP) is 4.69. The predicted molar refractivity (Wildman–Crippen MR) is 108 cm³/mol. The Labute approximate surface area is 179 Å². The second-order valence-corrected chi connectivity index (χ2v) is 7.30. The highest BCUT2D eigenvalue weighted by molar-refractivity contribution is 6.31. The molecule has 2 heterocycles. The third-order valence-electron chi connectivity index (χ3n) is 4.89. The lowest BCUT2D eigenvalue weighted by Gasteiger charge is -2.32. The molecule has 1 atom stereocenters. The zero-order chi connectivity index (χ0) is 22.2. The first-order chi connectivity index (χ1) is 14.8. The molecule has 0 aliphatic carbocycles. The van der Waals surface area contributed by atoms with Crippen molar-refractivity contribution in [1.82, 2.24) is 15.3 Å². The van der Waals surface area contributed by atoms with Gasteiger partial charge in [-0.1, -0.05) is 11.6 Å². The van der Waals surface area contributed by atoms with Crippen molar-refractivity contribution in [2.45, 2.75) is 18.4 Å². The zero-order valence-corrected chi connectivity index (χ0v) is 16.9. The van der Waals surface area contributed by atoms with Crippen LogP contribution < -0.4 is 20.1 Å². The quantitative estimate of drug-likeness (QED) is 0.429. The Morgan fingerprint density at radius 3 is 2.74 bits per heavy atom. The Morgan fingerprint density at radius 1 is 1.19 bits per heavy atom. The molecule has 0 amide bonds. The largest absolute Gasteiger partial charge is 0.493 e. The highest BCUT2D eigenvalue weighted by Gasteiger charge is 2.43. The number of benzene rings is 2. The Bertz CT molecular complexity index is 1130. The molecule has 11 heteroatoms. The highest BCUT2D eigenvalue weighted by atomic mass is 35.5. The number of halogens is 5. The van der Waals surface area contributed by atoms with Gasteiger partial charge in [0.05, 0.1) is 24.9 Å². The maximum Gasteiger partial charge on any atom is 0.296 e. The van der Waals surface area contributed by atoms with Crippen LogP contribution in [0.15, 0.2) is 30.6 Å². The summed E-state index contributed by atoms with van der Waals surface area (Å²) in [6, 6.07) is 5.12. The maximum atomic E-state index is 14.3. The molecule has 3 aromatic rings. The van der Waals surface area contributed by atoms with E-state index < -0.39 is 35.2 Å². The molecule has 2 aromatic carbocycles. The van der Waals surface area contributed by atoms with Crippen LogP contribution in [-0.2, 0) is 0 Å². The number of nitrogens with zero attached hydrogens (tertiary/aromatic N) is 2.